The van der Waals surface area contributed by atoms with Gasteiger partial charge in [-0.05, 0) is 55.2 Å². The third-order valence-electron chi connectivity index (χ3n) is 4.03. The second-order valence-corrected chi connectivity index (χ2v) is 5.61. The van der Waals surface area contributed by atoms with Crippen LogP contribution in [-0.2, 0) is 6.42 Å². The van der Waals surface area contributed by atoms with Crippen molar-refractivity contribution in [3.63, 3.8) is 0 Å². The molecule has 4 heteroatoms. The van der Waals surface area contributed by atoms with Crippen molar-refractivity contribution < 1.29 is 4.79 Å². The summed E-state index contributed by atoms with van der Waals surface area (Å²) in [7, 11) is 0. The number of nitrogens with one attached hydrogen (secondary N) is 1. The Balaban J connectivity index is 1.56. The van der Waals surface area contributed by atoms with Crippen molar-refractivity contribution in [1.82, 2.24) is 10.3 Å². The van der Waals surface area contributed by atoms with Gasteiger partial charge in [0.05, 0.1) is 0 Å². The number of carbonyl (C=O) groups is 1. The van der Waals surface area contributed by atoms with Crippen molar-refractivity contribution in [3.8, 4) is 0 Å². The number of anilines is 1. The SMILES string of the molecule is O=C(NCCc1ccncc1)c1cccc(N2CCCC2)c1. The Morgan fingerprint density at radius 1 is 1.14 bits per heavy atom. The Labute approximate surface area is 131 Å². The van der Waals surface area contributed by atoms with Crippen molar-refractivity contribution in [2.75, 3.05) is 24.5 Å². The molecule has 3 rings (SSSR count). The summed E-state index contributed by atoms with van der Waals surface area (Å²) in [6.07, 6.45) is 6.85. The first-order valence-corrected chi connectivity index (χ1v) is 7.85. The number of hydrogen-bond acceptors (Lipinski definition) is 3. The van der Waals surface area contributed by atoms with E-state index in [1.807, 2.05) is 30.3 Å². The van der Waals surface area contributed by atoms with E-state index in [2.05, 4.69) is 21.3 Å². The average molecular weight is 295 g/mol. The summed E-state index contributed by atoms with van der Waals surface area (Å²) in [4.78, 5) is 18.6. The molecule has 1 saturated heterocycles. The lowest BCUT2D eigenvalue weighted by Gasteiger charge is -2.18. The summed E-state index contributed by atoms with van der Waals surface area (Å²) in [5.41, 5.74) is 3.07. The maximum Gasteiger partial charge on any atom is 0.251 e. The lowest BCUT2D eigenvalue weighted by Crippen LogP contribution is -2.26. The first-order valence-electron chi connectivity index (χ1n) is 7.85. The summed E-state index contributed by atoms with van der Waals surface area (Å²) < 4.78 is 0. The van der Waals surface area contributed by atoms with Gasteiger partial charge in [-0.1, -0.05) is 6.07 Å². The minimum absolute atomic E-state index is 0.00453. The number of rotatable bonds is 5. The van der Waals surface area contributed by atoms with Crippen molar-refractivity contribution >= 4 is 11.6 Å². The molecule has 4 nitrogen and oxygen atoms in total. The summed E-state index contributed by atoms with van der Waals surface area (Å²) in [5.74, 6) is -0.00453. The Morgan fingerprint density at radius 3 is 2.68 bits per heavy atom. The fraction of sp³-hybridized carbons (Fsp3) is 0.333. The van der Waals surface area contributed by atoms with Gasteiger partial charge in [-0.2, -0.15) is 0 Å². The molecule has 2 heterocycles. The first-order chi connectivity index (χ1) is 10.8. The summed E-state index contributed by atoms with van der Waals surface area (Å²) in [5, 5.41) is 2.99. The predicted molar refractivity (Wildman–Crippen MR) is 88.2 cm³/mol. The molecule has 0 bridgehead atoms. The standard InChI is InChI=1S/C18H21N3O/c22-18(20-11-8-15-6-9-19-10-7-15)16-4-3-5-17(14-16)21-12-1-2-13-21/h3-7,9-10,14H,1-2,8,11-13H2,(H,20,22). The van der Waals surface area contributed by atoms with Crippen LogP contribution in [0.15, 0.2) is 48.8 Å². The van der Waals surface area contributed by atoms with Crippen LogP contribution >= 0.6 is 0 Å². The molecule has 0 saturated carbocycles. The Hall–Kier alpha value is -2.36. The predicted octanol–water partition coefficient (Wildman–Crippen LogP) is 2.65. The highest BCUT2D eigenvalue weighted by atomic mass is 16.1. The molecule has 1 amide bonds. The van der Waals surface area contributed by atoms with Crippen LogP contribution < -0.4 is 10.2 Å². The van der Waals surface area contributed by atoms with E-state index in [-0.39, 0.29) is 5.91 Å². The molecular formula is C18H21N3O. The fourth-order valence-electron chi connectivity index (χ4n) is 2.79. The van der Waals surface area contributed by atoms with Crippen LogP contribution in [0.3, 0.4) is 0 Å². The smallest absolute Gasteiger partial charge is 0.251 e. The normalized spacial score (nSPS) is 14.1. The molecular weight excluding hydrogens is 274 g/mol. The second-order valence-electron chi connectivity index (χ2n) is 5.61. The topological polar surface area (TPSA) is 45.2 Å². The molecule has 114 valence electrons. The molecule has 0 atom stereocenters. The lowest BCUT2D eigenvalue weighted by atomic mass is 10.1. The Morgan fingerprint density at radius 2 is 1.91 bits per heavy atom. The van der Waals surface area contributed by atoms with Gasteiger partial charge < -0.3 is 10.2 Å². The van der Waals surface area contributed by atoms with Crippen LogP contribution in [0.2, 0.25) is 0 Å². The van der Waals surface area contributed by atoms with Gasteiger partial charge in [0.1, 0.15) is 0 Å². The highest BCUT2D eigenvalue weighted by Crippen LogP contribution is 2.21. The molecule has 0 unspecified atom stereocenters. The van der Waals surface area contributed by atoms with E-state index in [4.69, 9.17) is 0 Å². The van der Waals surface area contributed by atoms with Gasteiger partial charge in [-0.15, -0.1) is 0 Å². The number of hydrogen-bond donors (Lipinski definition) is 1. The molecule has 2 aromatic rings. The molecule has 1 N–H and O–H groups in total. The quantitative estimate of drug-likeness (QED) is 0.922. The van der Waals surface area contributed by atoms with E-state index in [1.54, 1.807) is 12.4 Å². The van der Waals surface area contributed by atoms with Crippen LogP contribution in [0, 0.1) is 0 Å². The summed E-state index contributed by atoms with van der Waals surface area (Å²) >= 11 is 0. The Bertz CT molecular complexity index is 621. The largest absolute Gasteiger partial charge is 0.372 e. The molecule has 0 spiro atoms. The molecule has 0 aliphatic carbocycles. The van der Waals surface area contributed by atoms with Crippen LogP contribution in [0.4, 0.5) is 5.69 Å². The first kappa shape index (κ1) is 14.6. The van der Waals surface area contributed by atoms with Crippen LogP contribution in [-0.4, -0.2) is 30.5 Å². The number of nitrogens with zero attached hydrogens (tertiary/aromatic N) is 2. The van der Waals surface area contributed by atoms with E-state index >= 15 is 0 Å². The molecule has 1 fully saturated rings. The minimum Gasteiger partial charge on any atom is -0.372 e. The van der Waals surface area contributed by atoms with Gasteiger partial charge in [0, 0.05) is 43.3 Å². The third-order valence-corrected chi connectivity index (χ3v) is 4.03. The fourth-order valence-corrected chi connectivity index (χ4v) is 2.79. The number of aromatic nitrogens is 1. The maximum atomic E-state index is 12.3. The van der Waals surface area contributed by atoms with Gasteiger partial charge in [0.15, 0.2) is 0 Å². The van der Waals surface area contributed by atoms with Crippen LogP contribution in [0.5, 0.6) is 0 Å². The minimum atomic E-state index is -0.00453. The number of benzene rings is 1. The lowest BCUT2D eigenvalue weighted by molar-refractivity contribution is 0.0954. The third kappa shape index (κ3) is 3.64. The monoisotopic (exact) mass is 295 g/mol. The molecule has 1 aromatic carbocycles. The van der Waals surface area contributed by atoms with Gasteiger partial charge in [-0.3, -0.25) is 9.78 Å². The number of amides is 1. The average Bonchev–Trinajstić information content (AvgIpc) is 3.10. The zero-order valence-corrected chi connectivity index (χ0v) is 12.7. The van der Waals surface area contributed by atoms with Crippen molar-refractivity contribution in [3.05, 3.63) is 59.9 Å². The Kier molecular flexibility index (Phi) is 4.68. The zero-order valence-electron chi connectivity index (χ0n) is 12.7. The van der Waals surface area contributed by atoms with E-state index in [0.717, 1.165) is 30.8 Å². The summed E-state index contributed by atoms with van der Waals surface area (Å²) in [6.45, 7) is 2.82. The molecule has 0 radical (unpaired) electrons. The van der Waals surface area contributed by atoms with E-state index in [1.165, 1.54) is 18.4 Å². The maximum absolute atomic E-state index is 12.3. The second kappa shape index (κ2) is 7.07. The van der Waals surface area contributed by atoms with Crippen LogP contribution in [0.1, 0.15) is 28.8 Å². The van der Waals surface area contributed by atoms with Crippen LogP contribution in [0.25, 0.3) is 0 Å². The van der Waals surface area contributed by atoms with E-state index < -0.39 is 0 Å². The van der Waals surface area contributed by atoms with Gasteiger partial charge in [0.2, 0.25) is 0 Å². The van der Waals surface area contributed by atoms with Gasteiger partial charge in [0.25, 0.3) is 5.91 Å². The number of pyridine rings is 1. The molecule has 1 aliphatic rings. The number of carbonyl (C=O) groups excluding carboxylic acids is 1. The van der Waals surface area contributed by atoms with Crippen molar-refractivity contribution in [2.24, 2.45) is 0 Å². The van der Waals surface area contributed by atoms with Crippen molar-refractivity contribution in [1.29, 1.82) is 0 Å². The van der Waals surface area contributed by atoms with E-state index in [0.29, 0.717) is 6.54 Å². The summed E-state index contributed by atoms with van der Waals surface area (Å²) in [6, 6.07) is 11.9. The molecule has 22 heavy (non-hydrogen) atoms. The zero-order chi connectivity index (χ0) is 15.2. The van der Waals surface area contributed by atoms with E-state index in [9.17, 15) is 4.79 Å². The highest BCUT2D eigenvalue weighted by Gasteiger charge is 2.14. The molecule has 1 aromatic heterocycles. The van der Waals surface area contributed by atoms with Gasteiger partial charge >= 0.3 is 0 Å². The highest BCUT2D eigenvalue weighted by molar-refractivity contribution is 5.95. The van der Waals surface area contributed by atoms with Gasteiger partial charge in [-0.25, -0.2) is 0 Å². The van der Waals surface area contributed by atoms with Crippen molar-refractivity contribution in [2.45, 2.75) is 19.3 Å². The molecule has 1 aliphatic heterocycles.